The molecule has 0 saturated carbocycles. The SMILES string of the molecule is CC1=CCC[C@H](C)C(=O)C[C@@H](C(C)C)C(=O)C1. The van der Waals surface area contributed by atoms with E-state index >= 15 is 0 Å². The molecule has 0 aromatic carbocycles. The summed E-state index contributed by atoms with van der Waals surface area (Å²) in [7, 11) is 0. The van der Waals surface area contributed by atoms with Crippen molar-refractivity contribution >= 4 is 11.6 Å². The molecule has 0 unspecified atom stereocenters. The summed E-state index contributed by atoms with van der Waals surface area (Å²) in [4.78, 5) is 24.1. The molecule has 1 aliphatic carbocycles. The fourth-order valence-electron chi connectivity index (χ4n) is 2.36. The maximum Gasteiger partial charge on any atom is 0.140 e. The van der Waals surface area contributed by atoms with E-state index in [9.17, 15) is 9.59 Å². The molecule has 1 aliphatic rings. The summed E-state index contributed by atoms with van der Waals surface area (Å²) in [5.74, 6) is 0.740. The lowest BCUT2D eigenvalue weighted by molar-refractivity contribution is -0.130. The fourth-order valence-corrected chi connectivity index (χ4v) is 2.36. The Hall–Kier alpha value is -0.920. The molecule has 0 heterocycles. The Bertz CT molecular complexity index is 326. The summed E-state index contributed by atoms with van der Waals surface area (Å²) < 4.78 is 0. The summed E-state index contributed by atoms with van der Waals surface area (Å²) in [5, 5.41) is 0. The minimum absolute atomic E-state index is 0.0891. The van der Waals surface area contributed by atoms with Gasteiger partial charge in [0.25, 0.3) is 0 Å². The third-order valence-electron chi connectivity index (χ3n) is 3.73. The highest BCUT2D eigenvalue weighted by Crippen LogP contribution is 2.25. The van der Waals surface area contributed by atoms with E-state index in [-0.39, 0.29) is 29.3 Å². The molecule has 0 spiro atoms. The molecule has 1 rings (SSSR count). The van der Waals surface area contributed by atoms with Gasteiger partial charge in [0.1, 0.15) is 11.6 Å². The summed E-state index contributed by atoms with van der Waals surface area (Å²) in [6.07, 6.45) is 4.90. The van der Waals surface area contributed by atoms with Crippen molar-refractivity contribution in [2.75, 3.05) is 0 Å². The van der Waals surface area contributed by atoms with E-state index in [1.807, 2.05) is 27.7 Å². The molecule has 0 amide bonds. The van der Waals surface area contributed by atoms with Gasteiger partial charge >= 0.3 is 0 Å². The van der Waals surface area contributed by atoms with E-state index in [1.54, 1.807) is 0 Å². The fraction of sp³-hybridized carbons (Fsp3) is 0.733. The zero-order valence-electron chi connectivity index (χ0n) is 11.5. The van der Waals surface area contributed by atoms with Crippen molar-refractivity contribution in [3.63, 3.8) is 0 Å². The van der Waals surface area contributed by atoms with Gasteiger partial charge in [-0.3, -0.25) is 9.59 Å². The van der Waals surface area contributed by atoms with Crippen LogP contribution in [0.15, 0.2) is 11.6 Å². The summed E-state index contributed by atoms with van der Waals surface area (Å²) in [6, 6.07) is 0. The highest BCUT2D eigenvalue weighted by Gasteiger charge is 2.27. The maximum atomic E-state index is 12.1. The van der Waals surface area contributed by atoms with Gasteiger partial charge in [0.05, 0.1) is 0 Å². The third-order valence-corrected chi connectivity index (χ3v) is 3.73. The van der Waals surface area contributed by atoms with Crippen LogP contribution < -0.4 is 0 Å². The first-order valence-corrected chi connectivity index (χ1v) is 6.63. The maximum absolute atomic E-state index is 12.1. The van der Waals surface area contributed by atoms with E-state index in [0.717, 1.165) is 18.4 Å². The molecule has 0 fully saturated rings. The van der Waals surface area contributed by atoms with E-state index in [2.05, 4.69) is 6.08 Å². The predicted octanol–water partition coefficient (Wildman–Crippen LogP) is 3.55. The van der Waals surface area contributed by atoms with Crippen LogP contribution in [0.1, 0.15) is 53.4 Å². The molecule has 96 valence electrons. The minimum Gasteiger partial charge on any atom is -0.299 e. The van der Waals surface area contributed by atoms with Crippen molar-refractivity contribution in [3.05, 3.63) is 11.6 Å². The number of hydrogen-bond donors (Lipinski definition) is 0. The van der Waals surface area contributed by atoms with Gasteiger partial charge in [0.2, 0.25) is 0 Å². The number of allylic oxidation sites excluding steroid dienone is 2. The van der Waals surface area contributed by atoms with Gasteiger partial charge in [-0.05, 0) is 25.7 Å². The quantitative estimate of drug-likeness (QED) is 0.652. The molecular weight excluding hydrogens is 212 g/mol. The zero-order chi connectivity index (χ0) is 13.0. The topological polar surface area (TPSA) is 34.1 Å². The van der Waals surface area contributed by atoms with E-state index < -0.39 is 0 Å². The van der Waals surface area contributed by atoms with Crippen LogP contribution >= 0.6 is 0 Å². The molecule has 0 aromatic heterocycles. The predicted molar refractivity (Wildman–Crippen MR) is 69.7 cm³/mol. The first kappa shape index (κ1) is 14.1. The first-order chi connectivity index (χ1) is 7.91. The molecule has 2 nitrogen and oxygen atoms in total. The number of hydrogen-bond acceptors (Lipinski definition) is 2. The standard InChI is InChI=1S/C15H24O2/c1-10(2)13-9-14(16)12(4)7-5-6-11(3)8-15(13)17/h6,10,12-13H,5,7-9H2,1-4H3/t12-,13-/m0/s1. The number of rotatable bonds is 1. The van der Waals surface area contributed by atoms with E-state index in [0.29, 0.717) is 12.8 Å². The largest absolute Gasteiger partial charge is 0.299 e. The lowest BCUT2D eigenvalue weighted by Gasteiger charge is -2.22. The number of carbonyl (C=O) groups is 2. The lowest BCUT2D eigenvalue weighted by Crippen LogP contribution is -2.26. The van der Waals surface area contributed by atoms with Crippen LogP contribution in [0, 0.1) is 17.8 Å². The van der Waals surface area contributed by atoms with Gasteiger partial charge in [-0.25, -0.2) is 0 Å². The molecule has 0 N–H and O–H groups in total. The Morgan fingerprint density at radius 1 is 1.24 bits per heavy atom. The van der Waals surface area contributed by atoms with Crippen LogP contribution in [0.4, 0.5) is 0 Å². The molecule has 0 aromatic rings. The van der Waals surface area contributed by atoms with Crippen LogP contribution in [0.5, 0.6) is 0 Å². The second-order valence-corrected chi connectivity index (χ2v) is 5.69. The number of carbonyl (C=O) groups excluding carboxylic acids is 2. The molecule has 2 heteroatoms. The molecule has 17 heavy (non-hydrogen) atoms. The van der Waals surface area contributed by atoms with E-state index in [1.165, 1.54) is 0 Å². The third kappa shape index (κ3) is 4.10. The summed E-state index contributed by atoms with van der Waals surface area (Å²) in [6.45, 7) is 8.06. The van der Waals surface area contributed by atoms with Gasteiger partial charge in [-0.2, -0.15) is 0 Å². The summed E-state index contributed by atoms with van der Waals surface area (Å²) in [5.41, 5.74) is 1.15. The Morgan fingerprint density at radius 3 is 2.47 bits per heavy atom. The summed E-state index contributed by atoms with van der Waals surface area (Å²) >= 11 is 0. The molecule has 2 atom stereocenters. The Morgan fingerprint density at radius 2 is 1.88 bits per heavy atom. The Labute approximate surface area is 104 Å². The zero-order valence-corrected chi connectivity index (χ0v) is 11.5. The monoisotopic (exact) mass is 236 g/mol. The van der Waals surface area contributed by atoms with Crippen molar-refractivity contribution in [2.24, 2.45) is 17.8 Å². The lowest BCUT2D eigenvalue weighted by atomic mass is 9.81. The van der Waals surface area contributed by atoms with E-state index in [4.69, 9.17) is 0 Å². The smallest absolute Gasteiger partial charge is 0.140 e. The average molecular weight is 236 g/mol. The Balaban J connectivity index is 2.90. The van der Waals surface area contributed by atoms with Gasteiger partial charge in [0.15, 0.2) is 0 Å². The molecule has 0 saturated heterocycles. The molecule has 0 bridgehead atoms. The number of ketones is 2. The van der Waals surface area contributed by atoms with Gasteiger partial charge in [-0.15, -0.1) is 0 Å². The molecule has 0 aliphatic heterocycles. The van der Waals surface area contributed by atoms with Crippen molar-refractivity contribution in [3.8, 4) is 0 Å². The molecular formula is C15H24O2. The second kappa shape index (κ2) is 6.13. The van der Waals surface area contributed by atoms with Crippen LogP contribution in [-0.2, 0) is 9.59 Å². The van der Waals surface area contributed by atoms with Crippen LogP contribution in [0.2, 0.25) is 0 Å². The first-order valence-electron chi connectivity index (χ1n) is 6.63. The number of Topliss-reactive ketones (excluding diaryl/α,β-unsaturated/α-hetero) is 2. The molecule has 0 radical (unpaired) electrons. The van der Waals surface area contributed by atoms with Crippen molar-refractivity contribution < 1.29 is 9.59 Å². The van der Waals surface area contributed by atoms with Gasteiger partial charge < -0.3 is 0 Å². The average Bonchev–Trinajstić information content (AvgIpc) is 2.23. The minimum atomic E-state index is -0.0913. The highest BCUT2D eigenvalue weighted by molar-refractivity contribution is 5.90. The Kier molecular flexibility index (Phi) is 5.10. The van der Waals surface area contributed by atoms with Crippen molar-refractivity contribution in [1.29, 1.82) is 0 Å². The van der Waals surface area contributed by atoms with Crippen molar-refractivity contribution in [2.45, 2.75) is 53.4 Å². The highest BCUT2D eigenvalue weighted by atomic mass is 16.1. The van der Waals surface area contributed by atoms with Gasteiger partial charge in [0, 0.05) is 24.7 Å². The van der Waals surface area contributed by atoms with Gasteiger partial charge in [-0.1, -0.05) is 32.4 Å². The second-order valence-electron chi connectivity index (χ2n) is 5.69. The van der Waals surface area contributed by atoms with Crippen LogP contribution in [0.25, 0.3) is 0 Å². The van der Waals surface area contributed by atoms with Crippen LogP contribution in [-0.4, -0.2) is 11.6 Å². The van der Waals surface area contributed by atoms with Crippen LogP contribution in [0.3, 0.4) is 0 Å². The van der Waals surface area contributed by atoms with Crippen molar-refractivity contribution in [1.82, 2.24) is 0 Å². The normalized spacial score (nSPS) is 28.2.